The van der Waals surface area contributed by atoms with Crippen molar-refractivity contribution >= 4 is 5.69 Å². The number of hydrogen-bond acceptors (Lipinski definition) is 3. The van der Waals surface area contributed by atoms with E-state index in [1.54, 1.807) is 7.11 Å². The molecule has 1 rings (SSSR count). The summed E-state index contributed by atoms with van der Waals surface area (Å²) in [5.41, 5.74) is 2.30. The van der Waals surface area contributed by atoms with E-state index in [-0.39, 0.29) is 18.6 Å². The van der Waals surface area contributed by atoms with Crippen molar-refractivity contribution in [3.8, 4) is 5.75 Å². The van der Waals surface area contributed by atoms with E-state index in [4.69, 9.17) is 4.74 Å². The van der Waals surface area contributed by atoms with Crippen molar-refractivity contribution in [2.24, 2.45) is 5.92 Å². The molecule has 3 heteroatoms. The third-order valence-corrected chi connectivity index (χ3v) is 3.29. The van der Waals surface area contributed by atoms with Crippen LogP contribution in [0.3, 0.4) is 0 Å². The Labute approximate surface area is 116 Å². The summed E-state index contributed by atoms with van der Waals surface area (Å²) in [6, 6.07) is 8.01. The lowest BCUT2D eigenvalue weighted by atomic mass is 9.95. The minimum Gasteiger partial charge on any atom is -0.497 e. The van der Waals surface area contributed by atoms with E-state index < -0.39 is 0 Å². The molecule has 19 heavy (non-hydrogen) atoms. The highest BCUT2D eigenvalue weighted by Gasteiger charge is 2.17. The van der Waals surface area contributed by atoms with Crippen LogP contribution in [0.25, 0.3) is 0 Å². The van der Waals surface area contributed by atoms with Crippen molar-refractivity contribution in [2.75, 3.05) is 19.0 Å². The minimum atomic E-state index is 0.151. The Morgan fingerprint density at radius 1 is 1.37 bits per heavy atom. The first kappa shape index (κ1) is 15.6. The summed E-state index contributed by atoms with van der Waals surface area (Å²) >= 11 is 0. The normalized spacial score (nSPS) is 14.9. The van der Waals surface area contributed by atoms with Gasteiger partial charge in [-0.25, -0.2) is 0 Å². The summed E-state index contributed by atoms with van der Waals surface area (Å²) in [4.78, 5) is 0. The van der Waals surface area contributed by atoms with Gasteiger partial charge in [0.2, 0.25) is 0 Å². The Kier molecular flexibility index (Phi) is 6.43. The number of nitrogens with one attached hydrogen (secondary N) is 1. The molecular formula is C16H25NO2. The average molecular weight is 263 g/mol. The number of methoxy groups -OCH3 is 1. The summed E-state index contributed by atoms with van der Waals surface area (Å²) in [5.74, 6) is 1.02. The van der Waals surface area contributed by atoms with Crippen LogP contribution in [0.15, 0.2) is 35.9 Å². The van der Waals surface area contributed by atoms with Crippen molar-refractivity contribution in [2.45, 2.75) is 33.2 Å². The fraction of sp³-hybridized carbons (Fsp3) is 0.500. The number of hydrogen-bond donors (Lipinski definition) is 2. The van der Waals surface area contributed by atoms with Crippen LogP contribution in [0.5, 0.6) is 5.75 Å². The van der Waals surface area contributed by atoms with Gasteiger partial charge in [-0.3, -0.25) is 0 Å². The summed E-state index contributed by atoms with van der Waals surface area (Å²) in [6.07, 6.45) is 3.21. The Morgan fingerprint density at radius 3 is 2.47 bits per heavy atom. The first-order valence-electron chi connectivity index (χ1n) is 6.80. The number of aliphatic hydroxyl groups is 1. The van der Waals surface area contributed by atoms with Gasteiger partial charge in [0.05, 0.1) is 13.2 Å². The average Bonchev–Trinajstić information content (AvgIpc) is 2.44. The van der Waals surface area contributed by atoms with E-state index in [1.807, 2.05) is 31.2 Å². The molecule has 2 N–H and O–H groups in total. The van der Waals surface area contributed by atoms with Gasteiger partial charge >= 0.3 is 0 Å². The quantitative estimate of drug-likeness (QED) is 0.740. The molecule has 0 fully saturated rings. The van der Waals surface area contributed by atoms with Crippen LogP contribution >= 0.6 is 0 Å². The van der Waals surface area contributed by atoms with E-state index in [1.165, 1.54) is 5.57 Å². The van der Waals surface area contributed by atoms with E-state index >= 15 is 0 Å². The summed E-state index contributed by atoms with van der Waals surface area (Å²) in [5, 5.41) is 12.9. The van der Waals surface area contributed by atoms with E-state index in [9.17, 15) is 5.11 Å². The van der Waals surface area contributed by atoms with Gasteiger partial charge in [0.25, 0.3) is 0 Å². The van der Waals surface area contributed by atoms with Crippen LogP contribution in [0.1, 0.15) is 27.2 Å². The molecule has 1 aromatic rings. The van der Waals surface area contributed by atoms with Crippen molar-refractivity contribution in [3.63, 3.8) is 0 Å². The van der Waals surface area contributed by atoms with Crippen molar-refractivity contribution in [3.05, 3.63) is 35.9 Å². The maximum atomic E-state index is 9.40. The van der Waals surface area contributed by atoms with E-state index in [0.717, 1.165) is 17.9 Å². The third-order valence-electron chi connectivity index (χ3n) is 3.29. The molecule has 2 atom stereocenters. The van der Waals surface area contributed by atoms with Crippen molar-refractivity contribution < 1.29 is 9.84 Å². The maximum absolute atomic E-state index is 9.40. The molecule has 0 aromatic heterocycles. The molecule has 0 aliphatic carbocycles. The summed E-state index contributed by atoms with van der Waals surface area (Å²) in [6.45, 7) is 6.45. The monoisotopic (exact) mass is 263 g/mol. The van der Waals surface area contributed by atoms with Gasteiger partial charge in [0.15, 0.2) is 0 Å². The highest BCUT2D eigenvalue weighted by Crippen LogP contribution is 2.21. The standard InChI is InChI=1S/C16H25NO2/c1-5-6-12(2)16(13(3)11-18)17-14-7-9-15(19-4)10-8-14/h6-10,13,16-18H,5,11H2,1-4H3/b12-6+/t13-,16+/m0/s1. The smallest absolute Gasteiger partial charge is 0.119 e. The van der Waals surface area contributed by atoms with Crippen LogP contribution in [-0.4, -0.2) is 24.9 Å². The number of allylic oxidation sites excluding steroid dienone is 1. The van der Waals surface area contributed by atoms with Crippen LogP contribution < -0.4 is 10.1 Å². The highest BCUT2D eigenvalue weighted by molar-refractivity contribution is 5.48. The van der Waals surface area contributed by atoms with E-state index in [2.05, 4.69) is 25.2 Å². The van der Waals surface area contributed by atoms with Gasteiger partial charge in [-0.1, -0.05) is 25.5 Å². The first-order valence-corrected chi connectivity index (χ1v) is 6.80. The predicted molar refractivity (Wildman–Crippen MR) is 80.7 cm³/mol. The molecule has 0 amide bonds. The minimum absolute atomic E-state index is 0.151. The SMILES string of the molecule is CC/C=C(\C)[C@@H](Nc1ccc(OC)cc1)[C@@H](C)CO. The van der Waals surface area contributed by atoms with E-state index in [0.29, 0.717) is 0 Å². The predicted octanol–water partition coefficient (Wildman–Crippen LogP) is 3.46. The number of aliphatic hydroxyl groups excluding tert-OH is 1. The van der Waals surface area contributed by atoms with Crippen LogP contribution in [0, 0.1) is 5.92 Å². The molecule has 0 saturated heterocycles. The first-order chi connectivity index (χ1) is 9.12. The lowest BCUT2D eigenvalue weighted by Gasteiger charge is -2.26. The highest BCUT2D eigenvalue weighted by atomic mass is 16.5. The van der Waals surface area contributed by atoms with Gasteiger partial charge in [-0.2, -0.15) is 0 Å². The number of anilines is 1. The lowest BCUT2D eigenvalue weighted by Crippen LogP contribution is -2.30. The number of ether oxygens (including phenoxy) is 1. The molecule has 0 bridgehead atoms. The Morgan fingerprint density at radius 2 is 2.00 bits per heavy atom. The molecule has 0 saturated carbocycles. The topological polar surface area (TPSA) is 41.5 Å². The molecule has 106 valence electrons. The number of rotatable bonds is 7. The van der Waals surface area contributed by atoms with Crippen LogP contribution in [0.2, 0.25) is 0 Å². The molecule has 0 unspecified atom stereocenters. The summed E-state index contributed by atoms with van der Waals surface area (Å²) < 4.78 is 5.15. The second-order valence-corrected chi connectivity index (χ2v) is 4.87. The fourth-order valence-electron chi connectivity index (χ4n) is 2.13. The molecule has 0 heterocycles. The van der Waals surface area contributed by atoms with Crippen LogP contribution in [-0.2, 0) is 0 Å². The lowest BCUT2D eigenvalue weighted by molar-refractivity contribution is 0.229. The van der Waals surface area contributed by atoms with Gasteiger partial charge in [-0.05, 0) is 37.6 Å². The zero-order chi connectivity index (χ0) is 14.3. The zero-order valence-electron chi connectivity index (χ0n) is 12.3. The Bertz CT molecular complexity index is 398. The zero-order valence-corrected chi connectivity index (χ0v) is 12.3. The second-order valence-electron chi connectivity index (χ2n) is 4.87. The molecule has 0 radical (unpaired) electrons. The molecule has 1 aromatic carbocycles. The molecule has 0 aliphatic heterocycles. The Balaban J connectivity index is 2.84. The molecule has 0 spiro atoms. The second kappa shape index (κ2) is 7.85. The molecular weight excluding hydrogens is 238 g/mol. The third kappa shape index (κ3) is 4.60. The largest absolute Gasteiger partial charge is 0.497 e. The van der Waals surface area contributed by atoms with Crippen molar-refractivity contribution in [1.82, 2.24) is 0 Å². The van der Waals surface area contributed by atoms with Gasteiger partial charge < -0.3 is 15.2 Å². The van der Waals surface area contributed by atoms with Gasteiger partial charge in [-0.15, -0.1) is 0 Å². The summed E-state index contributed by atoms with van der Waals surface area (Å²) in [7, 11) is 1.66. The molecule has 3 nitrogen and oxygen atoms in total. The van der Waals surface area contributed by atoms with Crippen LogP contribution in [0.4, 0.5) is 5.69 Å². The number of benzene rings is 1. The van der Waals surface area contributed by atoms with Gasteiger partial charge in [0, 0.05) is 18.2 Å². The fourth-order valence-corrected chi connectivity index (χ4v) is 2.13. The van der Waals surface area contributed by atoms with Crippen molar-refractivity contribution in [1.29, 1.82) is 0 Å². The Hall–Kier alpha value is -1.48. The maximum Gasteiger partial charge on any atom is 0.119 e. The molecule has 0 aliphatic rings. The van der Waals surface area contributed by atoms with Gasteiger partial charge in [0.1, 0.15) is 5.75 Å².